The molecule has 0 bridgehead atoms. The summed E-state index contributed by atoms with van der Waals surface area (Å²) in [6.07, 6.45) is 9.87. The minimum Gasteiger partial charge on any atom is -0.198 e. The van der Waals surface area contributed by atoms with E-state index in [9.17, 15) is 0 Å². The Morgan fingerprint density at radius 2 is 1.53 bits per heavy atom. The molecular weight excluding hydrogens is 182 g/mol. The summed E-state index contributed by atoms with van der Waals surface area (Å²) in [7, 11) is 0. The van der Waals surface area contributed by atoms with Crippen LogP contribution in [0.1, 0.15) is 72.1 Å². The van der Waals surface area contributed by atoms with E-state index in [1.165, 1.54) is 38.5 Å². The normalized spacial score (nSPS) is 12.7. The summed E-state index contributed by atoms with van der Waals surface area (Å²) in [5.74, 6) is 1.73. The lowest BCUT2D eigenvalue weighted by molar-refractivity contribution is 0.420. The van der Waals surface area contributed by atoms with Crippen LogP contribution in [-0.4, -0.2) is 0 Å². The number of rotatable bonds is 9. The van der Waals surface area contributed by atoms with Crippen molar-refractivity contribution >= 4 is 0 Å². The smallest absolute Gasteiger partial charge is 0.0621 e. The Morgan fingerprint density at radius 1 is 0.867 bits per heavy atom. The second-order valence-corrected chi connectivity index (χ2v) is 5.19. The Labute approximate surface area is 95.9 Å². The number of unbranched alkanes of at least 4 members (excludes halogenated alkanes) is 3. The summed E-state index contributed by atoms with van der Waals surface area (Å²) in [5.41, 5.74) is 0. The van der Waals surface area contributed by atoms with E-state index in [4.69, 9.17) is 5.26 Å². The van der Waals surface area contributed by atoms with Gasteiger partial charge in [-0.25, -0.2) is 0 Å². The minimum atomic E-state index is 0.738. The summed E-state index contributed by atoms with van der Waals surface area (Å²) >= 11 is 0. The van der Waals surface area contributed by atoms with Crippen LogP contribution >= 0.6 is 0 Å². The Hall–Kier alpha value is -0.510. The molecule has 0 amide bonds. The van der Waals surface area contributed by atoms with Crippen LogP contribution in [0.4, 0.5) is 0 Å². The van der Waals surface area contributed by atoms with Crippen LogP contribution in [0.25, 0.3) is 0 Å². The van der Waals surface area contributed by atoms with Gasteiger partial charge < -0.3 is 0 Å². The first-order valence-corrected chi connectivity index (χ1v) is 6.53. The van der Waals surface area contributed by atoms with E-state index in [2.05, 4.69) is 26.8 Å². The maximum atomic E-state index is 8.39. The van der Waals surface area contributed by atoms with Gasteiger partial charge in [-0.15, -0.1) is 0 Å². The zero-order valence-electron chi connectivity index (χ0n) is 10.8. The van der Waals surface area contributed by atoms with Crippen molar-refractivity contribution in [1.29, 1.82) is 5.26 Å². The Bertz CT molecular complexity index is 167. The van der Waals surface area contributed by atoms with E-state index >= 15 is 0 Å². The van der Waals surface area contributed by atoms with E-state index in [-0.39, 0.29) is 0 Å². The first kappa shape index (κ1) is 14.5. The molecular formula is C14H27N. The molecule has 0 radical (unpaired) electrons. The van der Waals surface area contributed by atoms with Gasteiger partial charge in [0.1, 0.15) is 0 Å². The number of nitriles is 1. The fourth-order valence-corrected chi connectivity index (χ4v) is 1.89. The number of hydrogen-bond donors (Lipinski definition) is 0. The van der Waals surface area contributed by atoms with Gasteiger partial charge in [-0.05, 0) is 18.3 Å². The molecule has 0 saturated heterocycles. The molecule has 1 unspecified atom stereocenters. The van der Waals surface area contributed by atoms with Crippen molar-refractivity contribution in [2.45, 2.75) is 72.1 Å². The Kier molecular flexibility index (Phi) is 9.68. The monoisotopic (exact) mass is 209 g/mol. The molecule has 0 heterocycles. The molecule has 0 saturated carbocycles. The molecule has 0 aromatic rings. The molecule has 88 valence electrons. The standard InChI is InChI=1S/C14H27N/c1-13(2)9-8-11-14(3)10-6-4-5-7-12-15/h13-14H,4-11H2,1-3H3. The predicted molar refractivity (Wildman–Crippen MR) is 66.6 cm³/mol. The van der Waals surface area contributed by atoms with Gasteiger partial charge in [0.15, 0.2) is 0 Å². The summed E-state index contributed by atoms with van der Waals surface area (Å²) in [6.45, 7) is 6.96. The topological polar surface area (TPSA) is 23.8 Å². The summed E-state index contributed by atoms with van der Waals surface area (Å²) in [5, 5.41) is 8.39. The third-order valence-corrected chi connectivity index (χ3v) is 2.96. The van der Waals surface area contributed by atoms with E-state index in [1.807, 2.05) is 0 Å². The molecule has 0 aliphatic carbocycles. The molecule has 0 aromatic heterocycles. The van der Waals surface area contributed by atoms with E-state index in [1.54, 1.807) is 0 Å². The molecule has 0 aliphatic heterocycles. The highest BCUT2D eigenvalue weighted by molar-refractivity contribution is 4.68. The minimum absolute atomic E-state index is 0.738. The summed E-state index contributed by atoms with van der Waals surface area (Å²) in [4.78, 5) is 0. The molecule has 0 fully saturated rings. The van der Waals surface area contributed by atoms with Crippen LogP contribution < -0.4 is 0 Å². The van der Waals surface area contributed by atoms with Crippen molar-refractivity contribution < 1.29 is 0 Å². The molecule has 0 aromatic carbocycles. The van der Waals surface area contributed by atoms with Crippen molar-refractivity contribution in [2.75, 3.05) is 0 Å². The van der Waals surface area contributed by atoms with Crippen LogP contribution in [0.15, 0.2) is 0 Å². The first-order chi connectivity index (χ1) is 7.16. The second-order valence-electron chi connectivity index (χ2n) is 5.19. The molecule has 1 atom stereocenters. The lowest BCUT2D eigenvalue weighted by atomic mass is 9.95. The summed E-state index contributed by atoms with van der Waals surface area (Å²) < 4.78 is 0. The highest BCUT2D eigenvalue weighted by Gasteiger charge is 2.02. The van der Waals surface area contributed by atoms with Gasteiger partial charge in [-0.3, -0.25) is 0 Å². The summed E-state index contributed by atoms with van der Waals surface area (Å²) in [6, 6.07) is 2.20. The second kappa shape index (κ2) is 10.0. The fourth-order valence-electron chi connectivity index (χ4n) is 1.89. The zero-order chi connectivity index (χ0) is 11.5. The van der Waals surface area contributed by atoms with Gasteiger partial charge in [0.05, 0.1) is 6.07 Å². The van der Waals surface area contributed by atoms with Crippen LogP contribution in [0.2, 0.25) is 0 Å². The van der Waals surface area contributed by atoms with Crippen molar-refractivity contribution in [3.63, 3.8) is 0 Å². The predicted octanol–water partition coefficient (Wildman–Crippen LogP) is 4.92. The molecule has 1 nitrogen and oxygen atoms in total. The van der Waals surface area contributed by atoms with Gasteiger partial charge in [0.25, 0.3) is 0 Å². The maximum Gasteiger partial charge on any atom is 0.0621 e. The molecule has 0 N–H and O–H groups in total. The Balaban J connectivity index is 3.19. The average molecular weight is 209 g/mol. The average Bonchev–Trinajstić information content (AvgIpc) is 2.17. The van der Waals surface area contributed by atoms with Gasteiger partial charge in [-0.2, -0.15) is 5.26 Å². The van der Waals surface area contributed by atoms with Crippen molar-refractivity contribution in [2.24, 2.45) is 11.8 Å². The van der Waals surface area contributed by atoms with Gasteiger partial charge in [0, 0.05) is 6.42 Å². The van der Waals surface area contributed by atoms with Crippen molar-refractivity contribution in [1.82, 2.24) is 0 Å². The SMILES string of the molecule is CC(C)CCCC(C)CCCCCC#N. The fraction of sp³-hybridized carbons (Fsp3) is 0.929. The molecule has 0 aliphatic rings. The van der Waals surface area contributed by atoms with Crippen LogP contribution in [0.5, 0.6) is 0 Å². The van der Waals surface area contributed by atoms with Crippen molar-refractivity contribution in [3.05, 3.63) is 0 Å². The van der Waals surface area contributed by atoms with E-state index in [0.717, 1.165) is 24.7 Å². The lowest BCUT2D eigenvalue weighted by Crippen LogP contribution is -1.96. The highest BCUT2D eigenvalue weighted by Crippen LogP contribution is 2.18. The van der Waals surface area contributed by atoms with Crippen LogP contribution in [0.3, 0.4) is 0 Å². The van der Waals surface area contributed by atoms with Gasteiger partial charge in [-0.1, -0.05) is 59.3 Å². The number of nitrogens with zero attached hydrogens (tertiary/aromatic N) is 1. The maximum absolute atomic E-state index is 8.39. The van der Waals surface area contributed by atoms with Gasteiger partial charge >= 0.3 is 0 Å². The van der Waals surface area contributed by atoms with Gasteiger partial charge in [0.2, 0.25) is 0 Å². The Morgan fingerprint density at radius 3 is 2.13 bits per heavy atom. The zero-order valence-corrected chi connectivity index (χ0v) is 10.8. The first-order valence-electron chi connectivity index (χ1n) is 6.53. The quantitative estimate of drug-likeness (QED) is 0.494. The van der Waals surface area contributed by atoms with E-state index in [0.29, 0.717) is 0 Å². The van der Waals surface area contributed by atoms with E-state index < -0.39 is 0 Å². The molecule has 1 heteroatoms. The van der Waals surface area contributed by atoms with Crippen LogP contribution in [0, 0.1) is 23.2 Å². The third-order valence-electron chi connectivity index (χ3n) is 2.96. The molecule has 0 rings (SSSR count). The number of hydrogen-bond acceptors (Lipinski definition) is 1. The van der Waals surface area contributed by atoms with Crippen molar-refractivity contribution in [3.8, 4) is 6.07 Å². The third kappa shape index (κ3) is 11.4. The lowest BCUT2D eigenvalue weighted by Gasteiger charge is -2.11. The highest BCUT2D eigenvalue weighted by atomic mass is 14.2. The van der Waals surface area contributed by atoms with Crippen LogP contribution in [-0.2, 0) is 0 Å². The molecule has 15 heavy (non-hydrogen) atoms. The molecule has 0 spiro atoms. The largest absolute Gasteiger partial charge is 0.198 e.